The number of nitrogens with zero attached hydrogens (tertiary/aromatic N) is 1. The van der Waals surface area contributed by atoms with E-state index in [1.807, 2.05) is 0 Å². The molecule has 0 radical (unpaired) electrons. The zero-order valence-electron chi connectivity index (χ0n) is 18.4. The Morgan fingerprint density at radius 1 is 0.967 bits per heavy atom. The molecule has 2 heteroatoms. The van der Waals surface area contributed by atoms with E-state index in [4.69, 9.17) is 0 Å². The second-order valence-electron chi connectivity index (χ2n) is 9.16. The number of fused-ring (bicyclic) bond motifs is 1. The molecule has 1 saturated heterocycles. The molecule has 1 heterocycles. The zero-order chi connectivity index (χ0) is 20.8. The zero-order valence-corrected chi connectivity index (χ0v) is 18.4. The normalized spacial score (nSPS) is 19.9. The number of likely N-dealkylation sites (tertiary alicyclic amines) is 1. The van der Waals surface area contributed by atoms with E-state index in [-0.39, 0.29) is 5.78 Å². The minimum Gasteiger partial charge on any atom is -0.303 e. The number of Topliss-reactive ketones (excluding diaryl/α,β-unsaturated/α-hetero) is 1. The van der Waals surface area contributed by atoms with Crippen LogP contribution in [0.15, 0.2) is 60.7 Å². The molecule has 0 aromatic heterocycles. The van der Waals surface area contributed by atoms with E-state index in [1.54, 1.807) is 6.92 Å². The largest absolute Gasteiger partial charge is 0.303 e. The topological polar surface area (TPSA) is 20.3 Å². The standard InChI is InChI=1S/C28H35NO/c1-22(30)26-15-14-25(27-12-5-6-13-28(26)27)11-7-8-18-29-19-16-24(17-20-29)21-23-9-3-2-4-10-23/h2-6,9-10,12-13,15,24-25H,7-8,11,14,16-21H2,1H3. The Labute approximate surface area is 182 Å². The van der Waals surface area contributed by atoms with Gasteiger partial charge in [0.25, 0.3) is 0 Å². The molecule has 1 aliphatic heterocycles. The van der Waals surface area contributed by atoms with Gasteiger partial charge in [-0.05, 0) is 93.6 Å². The minimum absolute atomic E-state index is 0.191. The van der Waals surface area contributed by atoms with Crippen LogP contribution >= 0.6 is 0 Å². The molecule has 158 valence electrons. The van der Waals surface area contributed by atoms with Gasteiger partial charge in [-0.25, -0.2) is 0 Å². The fourth-order valence-electron chi connectivity index (χ4n) is 5.29. The Kier molecular flexibility index (Phi) is 7.17. The lowest BCUT2D eigenvalue weighted by Crippen LogP contribution is -2.35. The van der Waals surface area contributed by atoms with Crippen LogP contribution < -0.4 is 0 Å². The molecule has 0 saturated carbocycles. The molecular weight excluding hydrogens is 366 g/mol. The van der Waals surface area contributed by atoms with Crippen LogP contribution in [-0.4, -0.2) is 30.3 Å². The highest BCUT2D eigenvalue weighted by atomic mass is 16.1. The Balaban J connectivity index is 1.19. The van der Waals surface area contributed by atoms with Crippen LogP contribution in [0.1, 0.15) is 68.1 Å². The molecule has 2 aromatic rings. The molecule has 4 rings (SSSR count). The molecule has 1 aliphatic carbocycles. The summed E-state index contributed by atoms with van der Waals surface area (Å²) < 4.78 is 0. The van der Waals surface area contributed by atoms with Crippen LogP contribution in [0.5, 0.6) is 0 Å². The molecule has 1 fully saturated rings. The Hall–Kier alpha value is -2.19. The molecular formula is C28H35NO. The number of unbranched alkanes of at least 4 members (excludes halogenated alkanes) is 1. The lowest BCUT2D eigenvalue weighted by Gasteiger charge is -2.32. The fourth-order valence-corrected chi connectivity index (χ4v) is 5.29. The second-order valence-corrected chi connectivity index (χ2v) is 9.16. The van der Waals surface area contributed by atoms with Gasteiger partial charge >= 0.3 is 0 Å². The number of piperidine rings is 1. The van der Waals surface area contributed by atoms with Gasteiger partial charge in [-0.3, -0.25) is 4.79 Å². The van der Waals surface area contributed by atoms with Crippen molar-refractivity contribution in [2.45, 2.75) is 57.8 Å². The van der Waals surface area contributed by atoms with Crippen LogP contribution in [0.25, 0.3) is 5.57 Å². The monoisotopic (exact) mass is 401 g/mol. The Morgan fingerprint density at radius 3 is 2.47 bits per heavy atom. The summed E-state index contributed by atoms with van der Waals surface area (Å²) in [6.07, 6.45) is 10.9. The number of hydrogen-bond acceptors (Lipinski definition) is 2. The van der Waals surface area contributed by atoms with Gasteiger partial charge < -0.3 is 4.90 Å². The summed E-state index contributed by atoms with van der Waals surface area (Å²) in [6, 6.07) is 19.5. The van der Waals surface area contributed by atoms with Crippen LogP contribution in [0, 0.1) is 5.92 Å². The molecule has 0 spiro atoms. The summed E-state index contributed by atoms with van der Waals surface area (Å²) in [6.45, 7) is 5.44. The molecule has 2 aromatic carbocycles. The molecule has 2 nitrogen and oxygen atoms in total. The first-order valence-corrected chi connectivity index (χ1v) is 11.8. The van der Waals surface area contributed by atoms with Crippen molar-refractivity contribution in [1.29, 1.82) is 0 Å². The Morgan fingerprint density at radius 2 is 1.70 bits per heavy atom. The first kappa shape index (κ1) is 21.1. The molecule has 0 bridgehead atoms. The van der Waals surface area contributed by atoms with E-state index in [0.717, 1.165) is 17.9 Å². The van der Waals surface area contributed by atoms with E-state index in [9.17, 15) is 4.79 Å². The summed E-state index contributed by atoms with van der Waals surface area (Å²) in [5.41, 5.74) is 4.96. The number of hydrogen-bond donors (Lipinski definition) is 0. The van der Waals surface area contributed by atoms with Gasteiger partial charge in [0.15, 0.2) is 5.78 Å². The molecule has 0 amide bonds. The highest BCUT2D eigenvalue weighted by molar-refractivity contribution is 6.20. The molecule has 2 aliphatic rings. The maximum Gasteiger partial charge on any atom is 0.160 e. The highest BCUT2D eigenvalue weighted by Gasteiger charge is 2.23. The quantitative estimate of drug-likeness (QED) is 0.486. The number of ketones is 1. The van der Waals surface area contributed by atoms with Gasteiger partial charge in [-0.2, -0.15) is 0 Å². The predicted molar refractivity (Wildman–Crippen MR) is 126 cm³/mol. The van der Waals surface area contributed by atoms with E-state index in [0.29, 0.717) is 5.92 Å². The first-order valence-electron chi connectivity index (χ1n) is 11.8. The summed E-state index contributed by atoms with van der Waals surface area (Å²) in [5, 5.41) is 0. The lowest BCUT2D eigenvalue weighted by molar-refractivity contribution is -0.111. The maximum atomic E-state index is 12.0. The predicted octanol–water partition coefficient (Wildman–Crippen LogP) is 6.27. The minimum atomic E-state index is 0.191. The smallest absolute Gasteiger partial charge is 0.160 e. The van der Waals surface area contributed by atoms with Crippen molar-refractivity contribution in [3.8, 4) is 0 Å². The average molecular weight is 402 g/mol. The number of benzene rings is 2. The Bertz CT molecular complexity index is 861. The summed E-state index contributed by atoms with van der Waals surface area (Å²) in [5.74, 6) is 1.61. The van der Waals surface area contributed by atoms with Gasteiger partial charge in [0.05, 0.1) is 0 Å². The van der Waals surface area contributed by atoms with E-state index < -0.39 is 0 Å². The van der Waals surface area contributed by atoms with E-state index in [2.05, 4.69) is 65.6 Å². The van der Waals surface area contributed by atoms with Crippen molar-refractivity contribution < 1.29 is 4.79 Å². The van der Waals surface area contributed by atoms with Crippen molar-refractivity contribution in [1.82, 2.24) is 4.90 Å². The molecule has 0 N–H and O–H groups in total. The van der Waals surface area contributed by atoms with Gasteiger partial charge in [-0.15, -0.1) is 0 Å². The fraction of sp³-hybridized carbons (Fsp3) is 0.464. The van der Waals surface area contributed by atoms with E-state index >= 15 is 0 Å². The summed E-state index contributed by atoms with van der Waals surface area (Å²) in [7, 11) is 0. The van der Waals surface area contributed by atoms with Gasteiger partial charge in [0.1, 0.15) is 0 Å². The average Bonchev–Trinajstić information content (AvgIpc) is 2.78. The van der Waals surface area contributed by atoms with Crippen LogP contribution in [0.4, 0.5) is 0 Å². The van der Waals surface area contributed by atoms with Crippen LogP contribution in [-0.2, 0) is 11.2 Å². The number of carbonyl (C=O) groups is 1. The van der Waals surface area contributed by atoms with Crippen molar-refractivity contribution in [2.75, 3.05) is 19.6 Å². The molecule has 30 heavy (non-hydrogen) atoms. The second kappa shape index (κ2) is 10.2. The van der Waals surface area contributed by atoms with Crippen molar-refractivity contribution in [2.24, 2.45) is 5.92 Å². The number of allylic oxidation sites excluding steroid dienone is 2. The number of rotatable bonds is 8. The van der Waals surface area contributed by atoms with Crippen molar-refractivity contribution in [3.63, 3.8) is 0 Å². The van der Waals surface area contributed by atoms with Crippen molar-refractivity contribution >= 4 is 11.4 Å². The third-order valence-electron chi connectivity index (χ3n) is 7.03. The molecule has 1 unspecified atom stereocenters. The van der Waals surface area contributed by atoms with Gasteiger partial charge in [0, 0.05) is 5.57 Å². The summed E-state index contributed by atoms with van der Waals surface area (Å²) >= 11 is 0. The van der Waals surface area contributed by atoms with Crippen molar-refractivity contribution in [3.05, 3.63) is 77.4 Å². The molecule has 1 atom stereocenters. The van der Waals surface area contributed by atoms with Crippen LogP contribution in [0.3, 0.4) is 0 Å². The van der Waals surface area contributed by atoms with Gasteiger partial charge in [-0.1, -0.05) is 67.1 Å². The third kappa shape index (κ3) is 5.29. The SMILES string of the molecule is CC(=O)C1=CCC(CCCCN2CCC(Cc3ccccc3)CC2)c2ccccc21. The number of carbonyl (C=O) groups excluding carboxylic acids is 1. The van der Waals surface area contributed by atoms with Gasteiger partial charge in [0.2, 0.25) is 0 Å². The highest BCUT2D eigenvalue weighted by Crippen LogP contribution is 2.37. The summed E-state index contributed by atoms with van der Waals surface area (Å²) in [4.78, 5) is 14.6. The van der Waals surface area contributed by atoms with Crippen LogP contribution in [0.2, 0.25) is 0 Å². The van der Waals surface area contributed by atoms with E-state index in [1.165, 1.54) is 74.8 Å². The lowest BCUT2D eigenvalue weighted by atomic mass is 9.79. The first-order chi connectivity index (χ1) is 14.7. The maximum absolute atomic E-state index is 12.0. The third-order valence-corrected chi connectivity index (χ3v) is 7.03.